The van der Waals surface area contributed by atoms with Gasteiger partial charge < -0.3 is 15.4 Å². The lowest BCUT2D eigenvalue weighted by Gasteiger charge is -2.37. The van der Waals surface area contributed by atoms with Gasteiger partial charge in [-0.15, -0.1) is 12.4 Å². The zero-order valence-corrected chi connectivity index (χ0v) is 16.1. The van der Waals surface area contributed by atoms with Gasteiger partial charge >= 0.3 is 0 Å². The predicted octanol–water partition coefficient (Wildman–Crippen LogP) is 3.15. The van der Waals surface area contributed by atoms with E-state index in [9.17, 15) is 4.79 Å². The van der Waals surface area contributed by atoms with E-state index in [0.29, 0.717) is 13.2 Å². The molecule has 1 aliphatic heterocycles. The van der Waals surface area contributed by atoms with Gasteiger partial charge in [0, 0.05) is 24.6 Å². The van der Waals surface area contributed by atoms with E-state index in [4.69, 9.17) is 4.74 Å². The topological polar surface area (TPSA) is 50.4 Å². The highest BCUT2D eigenvalue weighted by Crippen LogP contribution is 2.28. The number of methoxy groups -OCH3 is 1. The third kappa shape index (κ3) is 5.47. The van der Waals surface area contributed by atoms with Crippen molar-refractivity contribution < 1.29 is 9.53 Å². The molecule has 0 spiro atoms. The lowest BCUT2D eigenvalue weighted by Crippen LogP contribution is -2.47. The van der Waals surface area contributed by atoms with Gasteiger partial charge in [-0.05, 0) is 49.0 Å². The molecule has 1 heterocycles. The van der Waals surface area contributed by atoms with Crippen molar-refractivity contribution in [2.24, 2.45) is 5.41 Å². The van der Waals surface area contributed by atoms with Gasteiger partial charge in [-0.2, -0.15) is 0 Å². The zero-order chi connectivity index (χ0) is 16.9. The van der Waals surface area contributed by atoms with Gasteiger partial charge in [0.15, 0.2) is 0 Å². The number of halogens is 1. The van der Waals surface area contributed by atoms with E-state index >= 15 is 0 Å². The third-order valence-corrected chi connectivity index (χ3v) is 4.75. The van der Waals surface area contributed by atoms with Gasteiger partial charge in [0.05, 0.1) is 6.61 Å². The summed E-state index contributed by atoms with van der Waals surface area (Å²) in [4.78, 5) is 12.4. The number of ether oxygens (including phenoxy) is 1. The Morgan fingerprint density at radius 1 is 1.21 bits per heavy atom. The summed E-state index contributed by atoms with van der Waals surface area (Å²) >= 11 is 0. The van der Waals surface area contributed by atoms with Crippen LogP contribution in [0.25, 0.3) is 0 Å². The van der Waals surface area contributed by atoms with Crippen LogP contribution in [0.5, 0.6) is 0 Å². The molecule has 2 rings (SSSR count). The molecule has 0 atom stereocenters. The minimum Gasteiger partial charge on any atom is -0.384 e. The Balaban J connectivity index is 0.00000288. The number of nitrogens with one attached hydrogen (secondary N) is 2. The van der Waals surface area contributed by atoms with Crippen LogP contribution in [0.3, 0.4) is 0 Å². The van der Waals surface area contributed by atoms with Crippen molar-refractivity contribution in [1.29, 1.82) is 0 Å². The predicted molar refractivity (Wildman–Crippen MR) is 101 cm³/mol. The standard InChI is InChI=1S/C19H30N2O2.ClH/c1-18(2,3)16-7-5-15(6-8-16)17(22)21-13-19(14-23-4)9-11-20-12-10-19;/h5-8,20H,9-14H2,1-4H3,(H,21,22);1H. The quantitative estimate of drug-likeness (QED) is 0.854. The fourth-order valence-electron chi connectivity index (χ4n) is 3.13. The molecule has 136 valence electrons. The molecule has 5 heteroatoms. The van der Waals surface area contributed by atoms with Crippen molar-refractivity contribution in [3.05, 3.63) is 35.4 Å². The van der Waals surface area contributed by atoms with Crippen molar-refractivity contribution in [2.45, 2.75) is 39.0 Å². The molecule has 4 nitrogen and oxygen atoms in total. The normalized spacial score (nSPS) is 17.0. The average molecular weight is 355 g/mol. The SMILES string of the molecule is COCC1(CNC(=O)c2ccc(C(C)(C)C)cc2)CCNCC1.Cl. The maximum Gasteiger partial charge on any atom is 0.251 e. The van der Waals surface area contributed by atoms with Gasteiger partial charge in [0.1, 0.15) is 0 Å². The average Bonchev–Trinajstić information content (AvgIpc) is 2.53. The van der Waals surface area contributed by atoms with Crippen LogP contribution in [-0.4, -0.2) is 39.3 Å². The van der Waals surface area contributed by atoms with E-state index in [2.05, 4.69) is 31.4 Å². The van der Waals surface area contributed by atoms with Gasteiger partial charge in [-0.3, -0.25) is 4.79 Å². The monoisotopic (exact) mass is 354 g/mol. The molecule has 1 aromatic carbocycles. The molecule has 1 aliphatic rings. The summed E-state index contributed by atoms with van der Waals surface area (Å²) in [5.74, 6) is -0.000491. The summed E-state index contributed by atoms with van der Waals surface area (Å²) in [5.41, 5.74) is 2.12. The number of amides is 1. The van der Waals surface area contributed by atoms with Gasteiger partial charge in [-0.25, -0.2) is 0 Å². The maximum atomic E-state index is 12.4. The summed E-state index contributed by atoms with van der Waals surface area (Å²) < 4.78 is 5.40. The Hall–Kier alpha value is -1.10. The highest BCUT2D eigenvalue weighted by atomic mass is 35.5. The van der Waals surface area contributed by atoms with E-state index in [0.717, 1.165) is 31.5 Å². The summed E-state index contributed by atoms with van der Waals surface area (Å²) in [6, 6.07) is 7.93. The molecule has 1 amide bonds. The first-order valence-corrected chi connectivity index (χ1v) is 8.45. The van der Waals surface area contributed by atoms with Crippen LogP contribution in [-0.2, 0) is 10.2 Å². The van der Waals surface area contributed by atoms with Crippen LogP contribution in [0, 0.1) is 5.41 Å². The first kappa shape index (κ1) is 20.9. The summed E-state index contributed by atoms with van der Waals surface area (Å²) in [6.45, 7) is 9.86. The first-order valence-electron chi connectivity index (χ1n) is 8.45. The van der Waals surface area contributed by atoms with E-state index in [1.165, 1.54) is 5.56 Å². The number of benzene rings is 1. The van der Waals surface area contributed by atoms with E-state index < -0.39 is 0 Å². The van der Waals surface area contributed by atoms with Crippen molar-refractivity contribution in [3.8, 4) is 0 Å². The molecule has 0 saturated carbocycles. The fourth-order valence-corrected chi connectivity index (χ4v) is 3.13. The molecule has 0 aliphatic carbocycles. The third-order valence-electron chi connectivity index (χ3n) is 4.75. The minimum absolute atomic E-state index is 0. The number of rotatable bonds is 5. The van der Waals surface area contributed by atoms with Gasteiger partial charge in [0.2, 0.25) is 0 Å². The summed E-state index contributed by atoms with van der Waals surface area (Å²) in [7, 11) is 1.73. The number of hydrogen-bond acceptors (Lipinski definition) is 3. The van der Waals surface area contributed by atoms with Crippen molar-refractivity contribution in [1.82, 2.24) is 10.6 Å². The molecule has 0 unspecified atom stereocenters. The molecule has 0 aromatic heterocycles. The summed E-state index contributed by atoms with van der Waals surface area (Å²) in [5, 5.41) is 6.48. The van der Waals surface area contributed by atoms with Crippen molar-refractivity contribution in [3.63, 3.8) is 0 Å². The largest absolute Gasteiger partial charge is 0.384 e. The fraction of sp³-hybridized carbons (Fsp3) is 0.632. The Morgan fingerprint density at radius 3 is 2.29 bits per heavy atom. The molecule has 24 heavy (non-hydrogen) atoms. The van der Waals surface area contributed by atoms with Crippen LogP contribution in [0.4, 0.5) is 0 Å². The van der Waals surface area contributed by atoms with E-state index in [1.54, 1.807) is 7.11 Å². The van der Waals surface area contributed by atoms with Crippen LogP contribution in [0.1, 0.15) is 49.5 Å². The number of hydrogen-bond donors (Lipinski definition) is 2. The number of carbonyl (C=O) groups excluding carboxylic acids is 1. The minimum atomic E-state index is -0.000491. The molecule has 1 fully saturated rings. The molecule has 0 bridgehead atoms. The Morgan fingerprint density at radius 2 is 1.79 bits per heavy atom. The Bertz CT molecular complexity index is 512. The second-order valence-corrected chi connectivity index (χ2v) is 7.69. The lowest BCUT2D eigenvalue weighted by molar-refractivity contribution is 0.0512. The second kappa shape index (κ2) is 8.84. The highest BCUT2D eigenvalue weighted by molar-refractivity contribution is 5.94. The van der Waals surface area contributed by atoms with E-state index in [-0.39, 0.29) is 29.1 Å². The van der Waals surface area contributed by atoms with E-state index in [1.807, 2.05) is 24.3 Å². The van der Waals surface area contributed by atoms with Crippen LogP contribution < -0.4 is 10.6 Å². The van der Waals surface area contributed by atoms with Crippen molar-refractivity contribution >= 4 is 18.3 Å². The second-order valence-electron chi connectivity index (χ2n) is 7.69. The summed E-state index contributed by atoms with van der Waals surface area (Å²) in [6.07, 6.45) is 2.06. The number of carbonyl (C=O) groups is 1. The Kier molecular flexibility index (Phi) is 7.71. The Labute approximate surface area is 152 Å². The van der Waals surface area contributed by atoms with Crippen LogP contribution in [0.2, 0.25) is 0 Å². The smallest absolute Gasteiger partial charge is 0.251 e. The highest BCUT2D eigenvalue weighted by Gasteiger charge is 2.32. The van der Waals surface area contributed by atoms with Crippen LogP contribution >= 0.6 is 12.4 Å². The molecular weight excluding hydrogens is 324 g/mol. The zero-order valence-electron chi connectivity index (χ0n) is 15.3. The molecule has 2 N–H and O–H groups in total. The number of piperidine rings is 1. The molecular formula is C19H31ClN2O2. The van der Waals surface area contributed by atoms with Gasteiger partial charge in [0.25, 0.3) is 5.91 Å². The molecule has 0 radical (unpaired) electrons. The lowest BCUT2D eigenvalue weighted by atomic mass is 9.79. The van der Waals surface area contributed by atoms with Crippen LogP contribution in [0.15, 0.2) is 24.3 Å². The van der Waals surface area contributed by atoms with Gasteiger partial charge in [-0.1, -0.05) is 32.9 Å². The maximum absolute atomic E-state index is 12.4. The molecule has 1 aromatic rings. The van der Waals surface area contributed by atoms with Crippen molar-refractivity contribution in [2.75, 3.05) is 33.4 Å². The first-order chi connectivity index (χ1) is 10.9. The molecule has 1 saturated heterocycles.